The summed E-state index contributed by atoms with van der Waals surface area (Å²) in [6.45, 7) is 0. The third kappa shape index (κ3) is 41.7. The molecule has 0 heterocycles. The first kappa shape index (κ1) is 9.42. The van der Waals surface area contributed by atoms with Crippen LogP contribution in [0.3, 0.4) is 0 Å². The first-order chi connectivity index (χ1) is 1.73. The van der Waals surface area contributed by atoms with Gasteiger partial charge in [-0.3, -0.25) is 0 Å². The van der Waals surface area contributed by atoms with Crippen LogP contribution in [0, 0.1) is 0 Å². The fourth-order valence-corrected chi connectivity index (χ4v) is 0. The second-order valence-corrected chi connectivity index (χ2v) is 0.612. The molecular formula is NaO3S. The van der Waals surface area contributed by atoms with Crippen molar-refractivity contribution in [2.75, 3.05) is 0 Å². The van der Waals surface area contributed by atoms with Crippen molar-refractivity contribution in [2.45, 2.75) is 0 Å². The molecule has 0 N–H and O–H groups in total. The minimum atomic E-state index is -3.11. The molecular weight excluding hydrogens is 103 g/mol. The van der Waals surface area contributed by atoms with Gasteiger partial charge < -0.3 is 4.55 Å². The Morgan fingerprint density at radius 3 is 1.60 bits per heavy atom. The van der Waals surface area contributed by atoms with Gasteiger partial charge in [0.2, 0.25) is 0 Å². The second-order valence-electron chi connectivity index (χ2n) is 0.204. The molecule has 5 heavy (non-hydrogen) atoms. The van der Waals surface area contributed by atoms with E-state index in [-0.39, 0.29) is 29.6 Å². The molecule has 0 aromatic rings. The SMILES string of the molecule is [Na+].[O]S(=O)[O-]. The molecule has 0 bridgehead atoms. The Kier molecular flexibility index (Phi) is 9.55. The van der Waals surface area contributed by atoms with Gasteiger partial charge in [0.25, 0.3) is 0 Å². The predicted molar refractivity (Wildman–Crippen MR) is 9.61 cm³/mol. The van der Waals surface area contributed by atoms with Crippen molar-refractivity contribution in [3.8, 4) is 0 Å². The van der Waals surface area contributed by atoms with E-state index in [2.05, 4.69) is 0 Å². The Hall–Kier alpha value is 1.07. The zero-order valence-corrected chi connectivity index (χ0v) is 5.45. The zero-order chi connectivity index (χ0) is 3.58. The van der Waals surface area contributed by atoms with Gasteiger partial charge in [0.05, 0.1) is 0 Å². The normalized spacial score (nSPS) is 12.4. The fraction of sp³-hybridized carbons (Fsp3) is 0. The first-order valence-corrected chi connectivity index (χ1v) is 1.50. The van der Waals surface area contributed by atoms with Crippen molar-refractivity contribution in [1.29, 1.82) is 0 Å². The van der Waals surface area contributed by atoms with Crippen molar-refractivity contribution in [1.82, 2.24) is 0 Å². The molecule has 0 spiro atoms. The van der Waals surface area contributed by atoms with E-state index in [1.165, 1.54) is 0 Å². The summed E-state index contributed by atoms with van der Waals surface area (Å²) in [7, 11) is 0. The summed E-state index contributed by atoms with van der Waals surface area (Å²) in [5.74, 6) is 0. The van der Waals surface area contributed by atoms with E-state index >= 15 is 0 Å². The van der Waals surface area contributed by atoms with Crippen molar-refractivity contribution in [3.05, 3.63) is 0 Å². The van der Waals surface area contributed by atoms with E-state index in [4.69, 9.17) is 13.3 Å². The van der Waals surface area contributed by atoms with Crippen LogP contribution < -0.4 is 29.6 Å². The van der Waals surface area contributed by atoms with Gasteiger partial charge in [-0.25, -0.2) is 4.21 Å². The molecule has 1 radical (unpaired) electrons. The predicted octanol–water partition coefficient (Wildman–Crippen LogP) is -3.78. The quantitative estimate of drug-likeness (QED) is 0.233. The van der Waals surface area contributed by atoms with Crippen molar-refractivity contribution < 1.29 is 42.9 Å². The van der Waals surface area contributed by atoms with Crippen LogP contribution in [-0.4, -0.2) is 8.76 Å². The van der Waals surface area contributed by atoms with Gasteiger partial charge in [-0.05, 0) is 0 Å². The molecule has 0 aliphatic rings. The van der Waals surface area contributed by atoms with Gasteiger partial charge >= 0.3 is 29.6 Å². The third-order valence-electron chi connectivity index (χ3n) is 0. The fourth-order valence-electron chi connectivity index (χ4n) is 0. The van der Waals surface area contributed by atoms with Gasteiger partial charge in [0.15, 0.2) is 0 Å². The van der Waals surface area contributed by atoms with Crippen LogP contribution >= 0.6 is 0 Å². The maximum Gasteiger partial charge on any atom is 1.00 e. The Morgan fingerprint density at radius 2 is 1.60 bits per heavy atom. The zero-order valence-electron chi connectivity index (χ0n) is 2.63. The summed E-state index contributed by atoms with van der Waals surface area (Å²) >= 11 is -3.11. The molecule has 0 aromatic heterocycles. The molecule has 0 unspecified atom stereocenters. The smallest absolute Gasteiger partial charge is 0.747 e. The molecule has 0 aliphatic heterocycles. The van der Waals surface area contributed by atoms with Crippen LogP contribution in [0.15, 0.2) is 0 Å². The first-order valence-electron chi connectivity index (χ1n) is 0.500. The minimum absolute atomic E-state index is 0. The topological polar surface area (TPSA) is 60.0 Å². The average molecular weight is 103 g/mol. The van der Waals surface area contributed by atoms with Crippen LogP contribution in [0.2, 0.25) is 0 Å². The summed E-state index contributed by atoms with van der Waals surface area (Å²) in [5, 5.41) is 0. The van der Waals surface area contributed by atoms with Crippen LogP contribution in [0.25, 0.3) is 0 Å². The largest absolute Gasteiger partial charge is 1.00 e. The van der Waals surface area contributed by atoms with Crippen molar-refractivity contribution in [2.24, 2.45) is 0 Å². The van der Waals surface area contributed by atoms with E-state index in [1.54, 1.807) is 0 Å². The van der Waals surface area contributed by atoms with E-state index in [0.717, 1.165) is 0 Å². The Morgan fingerprint density at radius 1 is 1.60 bits per heavy atom. The summed E-state index contributed by atoms with van der Waals surface area (Å²) in [4.78, 5) is 0. The molecule has 0 fully saturated rings. The molecule has 0 rings (SSSR count). The monoisotopic (exact) mass is 103 g/mol. The van der Waals surface area contributed by atoms with Gasteiger partial charge in [0.1, 0.15) is 11.4 Å². The van der Waals surface area contributed by atoms with Crippen molar-refractivity contribution >= 4 is 11.4 Å². The second kappa shape index (κ2) is 5.07. The van der Waals surface area contributed by atoms with Crippen molar-refractivity contribution in [3.63, 3.8) is 0 Å². The van der Waals surface area contributed by atoms with Crippen LogP contribution in [0.1, 0.15) is 0 Å². The maximum absolute atomic E-state index is 8.44. The molecule has 0 aliphatic carbocycles. The summed E-state index contributed by atoms with van der Waals surface area (Å²) < 4.78 is 25.3. The molecule has 3 nitrogen and oxygen atoms in total. The third-order valence-corrected chi connectivity index (χ3v) is 0. The number of hydrogen-bond acceptors (Lipinski definition) is 2. The maximum atomic E-state index is 8.44. The Bertz CT molecular complexity index is 29.9. The molecule has 0 saturated heterocycles. The Labute approximate surface area is 54.2 Å². The van der Waals surface area contributed by atoms with Crippen LogP contribution in [0.4, 0.5) is 0 Å². The Balaban J connectivity index is 0. The number of rotatable bonds is 0. The molecule has 25 valence electrons. The molecule has 0 aromatic carbocycles. The van der Waals surface area contributed by atoms with E-state index in [9.17, 15) is 0 Å². The number of hydrogen-bond donors (Lipinski definition) is 0. The minimum Gasteiger partial charge on any atom is -0.747 e. The molecule has 0 saturated carbocycles. The van der Waals surface area contributed by atoms with Crippen LogP contribution in [0.5, 0.6) is 0 Å². The molecule has 0 amide bonds. The van der Waals surface area contributed by atoms with Gasteiger partial charge in [-0.15, -0.1) is 4.55 Å². The van der Waals surface area contributed by atoms with Gasteiger partial charge in [-0.2, -0.15) is 0 Å². The van der Waals surface area contributed by atoms with Gasteiger partial charge in [-0.1, -0.05) is 0 Å². The summed E-state index contributed by atoms with van der Waals surface area (Å²) in [6, 6.07) is 0. The molecule has 0 atom stereocenters. The molecule has 5 heteroatoms. The van der Waals surface area contributed by atoms with Crippen LogP contribution in [-0.2, 0) is 15.9 Å². The standard InChI is InChI=1S/Na.HO3S/c;1-4(2)3/h;(H,1,2)/q+1;/p-1. The van der Waals surface area contributed by atoms with Gasteiger partial charge in [0, 0.05) is 0 Å². The summed E-state index contributed by atoms with van der Waals surface area (Å²) in [5.41, 5.74) is 0. The van der Waals surface area contributed by atoms with E-state index in [1.807, 2.05) is 0 Å². The van der Waals surface area contributed by atoms with E-state index < -0.39 is 11.4 Å². The average Bonchev–Trinajstić information content (AvgIpc) is 0.811. The van der Waals surface area contributed by atoms with E-state index in [0.29, 0.717) is 0 Å². The summed E-state index contributed by atoms with van der Waals surface area (Å²) in [6.07, 6.45) is 0.